The molecule has 0 unspecified atom stereocenters. The molecule has 0 atom stereocenters. The van der Waals surface area contributed by atoms with Crippen LogP contribution in [-0.4, -0.2) is 38.5 Å². The van der Waals surface area contributed by atoms with Crippen LogP contribution < -0.4 is 0 Å². The summed E-state index contributed by atoms with van der Waals surface area (Å²) in [4.78, 5) is 22.1. The van der Waals surface area contributed by atoms with E-state index in [2.05, 4.69) is 4.74 Å². The Kier molecular flexibility index (Phi) is 5.40. The summed E-state index contributed by atoms with van der Waals surface area (Å²) in [5.41, 5.74) is 0.200. The molecule has 0 N–H and O–H groups in total. The Balaban J connectivity index is 3.28. The topological polar surface area (TPSA) is 87.9 Å². The highest BCUT2D eigenvalue weighted by atomic mass is 16.7. The summed E-state index contributed by atoms with van der Waals surface area (Å²) in [6, 6.07) is 4.23. The number of nitrogens with zero attached hydrogens (tertiary/aromatic N) is 1. The van der Waals surface area contributed by atoms with Crippen LogP contribution >= 0.6 is 0 Å². The van der Waals surface area contributed by atoms with Crippen LogP contribution in [-0.2, 0) is 20.6 Å². The van der Waals surface area contributed by atoms with E-state index in [-0.39, 0.29) is 23.2 Å². The molecule has 19 heavy (non-hydrogen) atoms. The molecule has 0 fully saturated rings. The van der Waals surface area contributed by atoms with Gasteiger partial charge >= 0.3 is 5.97 Å². The lowest BCUT2D eigenvalue weighted by molar-refractivity contribution is -0.385. The minimum atomic E-state index is -0.676. The highest BCUT2D eigenvalue weighted by Crippen LogP contribution is 2.25. The number of methoxy groups -OCH3 is 3. The van der Waals surface area contributed by atoms with E-state index < -0.39 is 17.2 Å². The Labute approximate surface area is 110 Å². The summed E-state index contributed by atoms with van der Waals surface area (Å²) in [5, 5.41) is 11.0. The fourth-order valence-electron chi connectivity index (χ4n) is 1.69. The minimum absolute atomic E-state index is 0.0780. The third kappa shape index (κ3) is 3.49. The monoisotopic (exact) mass is 269 g/mol. The van der Waals surface area contributed by atoms with E-state index in [0.29, 0.717) is 0 Å². The first-order chi connectivity index (χ1) is 9.04. The van der Waals surface area contributed by atoms with E-state index in [1.54, 1.807) is 0 Å². The number of hydrogen-bond acceptors (Lipinski definition) is 6. The van der Waals surface area contributed by atoms with Crippen molar-refractivity contribution in [3.63, 3.8) is 0 Å². The first-order valence-corrected chi connectivity index (χ1v) is 5.45. The predicted molar refractivity (Wildman–Crippen MR) is 65.9 cm³/mol. The summed E-state index contributed by atoms with van der Waals surface area (Å²) in [7, 11) is 4.05. The van der Waals surface area contributed by atoms with Crippen LogP contribution in [0.5, 0.6) is 0 Å². The summed E-state index contributed by atoms with van der Waals surface area (Å²) in [6.45, 7) is 0. The van der Waals surface area contributed by atoms with Gasteiger partial charge in [0.15, 0.2) is 6.29 Å². The molecule has 0 amide bonds. The molecule has 0 heterocycles. The van der Waals surface area contributed by atoms with Gasteiger partial charge in [0.1, 0.15) is 0 Å². The van der Waals surface area contributed by atoms with Gasteiger partial charge in [-0.15, -0.1) is 0 Å². The van der Waals surface area contributed by atoms with Crippen molar-refractivity contribution in [2.24, 2.45) is 0 Å². The van der Waals surface area contributed by atoms with Crippen molar-refractivity contribution >= 4 is 11.7 Å². The van der Waals surface area contributed by atoms with Crippen molar-refractivity contribution < 1.29 is 23.9 Å². The van der Waals surface area contributed by atoms with Crippen molar-refractivity contribution in [1.29, 1.82) is 0 Å². The molecule has 7 heteroatoms. The number of ether oxygens (including phenoxy) is 3. The van der Waals surface area contributed by atoms with Gasteiger partial charge in [-0.1, -0.05) is 6.07 Å². The van der Waals surface area contributed by atoms with E-state index >= 15 is 0 Å². The quantitative estimate of drug-likeness (QED) is 0.337. The second-order valence-electron chi connectivity index (χ2n) is 3.66. The lowest BCUT2D eigenvalue weighted by atomic mass is 10.0. The Hall–Kier alpha value is -1.99. The van der Waals surface area contributed by atoms with Crippen LogP contribution in [0.3, 0.4) is 0 Å². The van der Waals surface area contributed by atoms with E-state index in [0.717, 1.165) is 0 Å². The van der Waals surface area contributed by atoms with Gasteiger partial charge in [0.05, 0.1) is 17.6 Å². The van der Waals surface area contributed by atoms with Gasteiger partial charge in [0.2, 0.25) is 0 Å². The molecule has 1 rings (SSSR count). The molecule has 0 spiro atoms. The molecule has 0 saturated carbocycles. The van der Waals surface area contributed by atoms with Crippen LogP contribution in [0.25, 0.3) is 0 Å². The molecule has 104 valence electrons. The number of benzene rings is 1. The van der Waals surface area contributed by atoms with Gasteiger partial charge in [-0.05, 0) is 6.07 Å². The highest BCUT2D eigenvalue weighted by molar-refractivity contribution is 5.92. The maximum absolute atomic E-state index is 11.6. The second-order valence-corrected chi connectivity index (χ2v) is 3.66. The van der Waals surface area contributed by atoms with Crippen LogP contribution in [0.4, 0.5) is 5.69 Å². The molecule has 0 aliphatic rings. The maximum Gasteiger partial charge on any atom is 0.338 e. The zero-order valence-corrected chi connectivity index (χ0v) is 10.9. The van der Waals surface area contributed by atoms with E-state index in [4.69, 9.17) is 9.47 Å². The van der Waals surface area contributed by atoms with Crippen molar-refractivity contribution in [3.8, 4) is 0 Å². The number of hydrogen-bond donors (Lipinski definition) is 0. The lowest BCUT2D eigenvalue weighted by Gasteiger charge is -2.15. The Morgan fingerprint density at radius 2 is 1.95 bits per heavy atom. The van der Waals surface area contributed by atoms with Crippen molar-refractivity contribution in [2.75, 3.05) is 21.3 Å². The number of nitro groups is 1. The van der Waals surface area contributed by atoms with E-state index in [1.807, 2.05) is 0 Å². The predicted octanol–water partition coefficient (Wildman–Crippen LogP) is 1.54. The number of nitro benzene ring substituents is 1. The summed E-state index contributed by atoms with van der Waals surface area (Å²) < 4.78 is 14.6. The van der Waals surface area contributed by atoms with Crippen LogP contribution in [0, 0.1) is 10.1 Å². The Bertz CT molecular complexity index is 469. The number of rotatable bonds is 6. The third-order valence-electron chi connectivity index (χ3n) is 2.65. The first-order valence-electron chi connectivity index (χ1n) is 5.45. The van der Waals surface area contributed by atoms with Gasteiger partial charge in [-0.3, -0.25) is 10.1 Å². The zero-order chi connectivity index (χ0) is 14.4. The molecule has 7 nitrogen and oxygen atoms in total. The fourth-order valence-corrected chi connectivity index (χ4v) is 1.69. The molecule has 1 aromatic carbocycles. The molecule has 1 aromatic rings. The van der Waals surface area contributed by atoms with Crippen LogP contribution in [0.15, 0.2) is 18.2 Å². The molecule has 0 bridgehead atoms. The van der Waals surface area contributed by atoms with Gasteiger partial charge < -0.3 is 14.2 Å². The van der Waals surface area contributed by atoms with Gasteiger partial charge in [0, 0.05) is 32.3 Å². The second kappa shape index (κ2) is 6.81. The molecule has 0 saturated heterocycles. The van der Waals surface area contributed by atoms with Gasteiger partial charge in [0.25, 0.3) is 5.69 Å². The highest BCUT2D eigenvalue weighted by Gasteiger charge is 2.24. The summed E-state index contributed by atoms with van der Waals surface area (Å²) in [5.74, 6) is -0.635. The molecule has 0 radical (unpaired) electrons. The van der Waals surface area contributed by atoms with Crippen molar-refractivity contribution in [2.45, 2.75) is 12.7 Å². The average molecular weight is 269 g/mol. The Morgan fingerprint density at radius 3 is 2.42 bits per heavy atom. The molecule has 0 aromatic heterocycles. The average Bonchev–Trinajstić information content (AvgIpc) is 2.43. The molecular weight excluding hydrogens is 254 g/mol. The smallest absolute Gasteiger partial charge is 0.338 e. The van der Waals surface area contributed by atoms with Gasteiger partial charge in [-0.25, -0.2) is 4.79 Å². The minimum Gasteiger partial charge on any atom is -0.465 e. The molecular formula is C12H15NO6. The largest absolute Gasteiger partial charge is 0.465 e. The third-order valence-corrected chi connectivity index (χ3v) is 2.65. The summed E-state index contributed by atoms with van der Waals surface area (Å²) in [6.07, 6.45) is -0.598. The maximum atomic E-state index is 11.6. The van der Waals surface area contributed by atoms with Crippen molar-refractivity contribution in [1.82, 2.24) is 0 Å². The SMILES string of the molecule is COC(=O)c1cccc([N+](=O)[O-])c1CC(OC)OC. The fraction of sp³-hybridized carbons (Fsp3) is 0.417. The van der Waals surface area contributed by atoms with Gasteiger partial charge in [-0.2, -0.15) is 0 Å². The van der Waals surface area contributed by atoms with E-state index in [1.165, 1.54) is 39.5 Å². The molecule has 0 aliphatic carbocycles. The molecule has 0 aliphatic heterocycles. The summed E-state index contributed by atoms with van der Waals surface area (Å²) >= 11 is 0. The Morgan fingerprint density at radius 1 is 1.32 bits per heavy atom. The first kappa shape index (κ1) is 15.1. The number of carbonyl (C=O) groups excluding carboxylic acids is 1. The van der Waals surface area contributed by atoms with Crippen molar-refractivity contribution in [3.05, 3.63) is 39.4 Å². The zero-order valence-electron chi connectivity index (χ0n) is 10.9. The van der Waals surface area contributed by atoms with E-state index in [9.17, 15) is 14.9 Å². The normalized spacial score (nSPS) is 10.5. The standard InChI is InChI=1S/C12H15NO6/c1-17-11(18-2)7-9-8(12(14)19-3)5-4-6-10(9)13(15)16/h4-6,11H,7H2,1-3H3. The number of esters is 1. The number of carbonyl (C=O) groups is 1. The van der Waals surface area contributed by atoms with Crippen LogP contribution in [0.1, 0.15) is 15.9 Å². The lowest BCUT2D eigenvalue weighted by Crippen LogP contribution is -2.19. The van der Waals surface area contributed by atoms with Crippen LogP contribution in [0.2, 0.25) is 0 Å².